The fourth-order valence-electron chi connectivity index (χ4n) is 2.90. The lowest BCUT2D eigenvalue weighted by molar-refractivity contribution is -0.0167. The van der Waals surface area contributed by atoms with Crippen LogP contribution in [-0.2, 0) is 35.1 Å². The predicted molar refractivity (Wildman–Crippen MR) is 123 cm³/mol. The molecule has 0 aromatic heterocycles. The second-order valence-corrected chi connectivity index (χ2v) is 7.38. The van der Waals surface area contributed by atoms with Crippen molar-refractivity contribution >= 4 is 23.8 Å². The van der Waals surface area contributed by atoms with Gasteiger partial charge in [-0.1, -0.05) is 84.9 Å². The molecule has 0 unspecified atom stereocenters. The van der Waals surface area contributed by atoms with Gasteiger partial charge in [-0.3, -0.25) is 0 Å². The van der Waals surface area contributed by atoms with E-state index in [4.69, 9.17) is 21.1 Å². The molecule has 0 aliphatic carbocycles. The van der Waals surface area contributed by atoms with Crippen molar-refractivity contribution in [2.24, 2.45) is 0 Å². The summed E-state index contributed by atoms with van der Waals surface area (Å²) in [5, 5.41) is 2.34. The number of ether oxygens (including phenoxy) is 2. The molecule has 0 saturated carbocycles. The minimum absolute atomic E-state index is 0.0915. The summed E-state index contributed by atoms with van der Waals surface area (Å²) in [4.78, 5) is 25.6. The van der Waals surface area contributed by atoms with Crippen molar-refractivity contribution in [1.82, 2.24) is 10.0 Å². The third-order valence-electron chi connectivity index (χ3n) is 4.76. The maximum Gasteiger partial charge on any atom is 0.429 e. The first-order valence-corrected chi connectivity index (χ1v) is 10.7. The van der Waals surface area contributed by atoms with E-state index in [1.165, 1.54) is 12.1 Å². The van der Waals surface area contributed by atoms with Crippen LogP contribution in [0.1, 0.15) is 22.3 Å². The Morgan fingerprint density at radius 2 is 1.16 bits per heavy atom. The van der Waals surface area contributed by atoms with Gasteiger partial charge in [-0.2, -0.15) is 0 Å². The molecule has 7 heteroatoms. The Kier molecular flexibility index (Phi) is 8.52. The molecule has 3 aromatic carbocycles. The first-order chi connectivity index (χ1) is 15.6. The zero-order valence-electron chi connectivity index (χ0n) is 17.8. The highest BCUT2D eigenvalue weighted by molar-refractivity contribution is 6.17. The van der Waals surface area contributed by atoms with Gasteiger partial charge in [0.2, 0.25) is 0 Å². The molecule has 0 saturated heterocycles. The van der Waals surface area contributed by atoms with Crippen LogP contribution in [0.5, 0.6) is 0 Å². The number of carbonyl (C=O) groups excluding carboxylic acids is 2. The Morgan fingerprint density at radius 3 is 1.66 bits per heavy atom. The molecule has 3 aromatic rings. The highest BCUT2D eigenvalue weighted by Gasteiger charge is 2.26. The number of rotatable bonds is 7. The number of hydrogen-bond donors (Lipinski definition) is 0. The van der Waals surface area contributed by atoms with Crippen molar-refractivity contribution in [3.63, 3.8) is 0 Å². The summed E-state index contributed by atoms with van der Waals surface area (Å²) in [6.07, 6.45) is -1.32. The zero-order chi connectivity index (χ0) is 22.8. The molecule has 0 heterocycles. The molecule has 0 N–H and O–H groups in total. The van der Waals surface area contributed by atoms with Crippen LogP contribution in [-0.4, -0.2) is 29.3 Å². The average molecular weight is 453 g/mol. The van der Waals surface area contributed by atoms with Gasteiger partial charge in [-0.25, -0.2) is 19.6 Å². The fourth-order valence-corrected chi connectivity index (χ4v) is 3.08. The smallest absolute Gasteiger partial charge is 0.429 e. The topological polar surface area (TPSA) is 59.1 Å². The van der Waals surface area contributed by atoms with Crippen molar-refractivity contribution in [2.75, 3.05) is 7.05 Å². The molecule has 6 nitrogen and oxygen atoms in total. The largest absolute Gasteiger partial charge is 0.443 e. The third kappa shape index (κ3) is 6.75. The van der Waals surface area contributed by atoms with Crippen molar-refractivity contribution < 1.29 is 19.1 Å². The molecule has 0 bridgehead atoms. The standard InChI is InChI=1S/C25H25ClN2O4/c1-27(24(29)31-18-22-8-4-2-5-9-22)28(17-21-14-12-20(16-26)13-15-21)25(30)32-19-23-10-6-3-7-11-23/h2-15H,16-19H2,1H3. The van der Waals surface area contributed by atoms with Crippen LogP contribution >= 0.6 is 11.6 Å². The van der Waals surface area contributed by atoms with Crippen LogP contribution in [0.2, 0.25) is 0 Å². The minimum atomic E-state index is -0.664. The van der Waals surface area contributed by atoms with Crippen LogP contribution in [0, 0.1) is 0 Å². The number of nitrogens with zero attached hydrogens (tertiary/aromatic N) is 2. The molecular formula is C25H25ClN2O4. The molecule has 0 spiro atoms. The van der Waals surface area contributed by atoms with Gasteiger partial charge in [0, 0.05) is 12.9 Å². The Bertz CT molecular complexity index is 997. The summed E-state index contributed by atoms with van der Waals surface area (Å²) in [6, 6.07) is 26.2. The van der Waals surface area contributed by atoms with E-state index < -0.39 is 12.2 Å². The molecule has 166 valence electrons. The highest BCUT2D eigenvalue weighted by atomic mass is 35.5. The lowest BCUT2D eigenvalue weighted by atomic mass is 10.1. The number of hydrogen-bond acceptors (Lipinski definition) is 4. The van der Waals surface area contributed by atoms with Crippen LogP contribution in [0.4, 0.5) is 9.59 Å². The molecule has 3 rings (SSSR count). The summed E-state index contributed by atoms with van der Waals surface area (Å²) in [5.41, 5.74) is 3.48. The number of alkyl halides is 1. The Labute approximate surface area is 192 Å². The molecule has 32 heavy (non-hydrogen) atoms. The van der Waals surface area contributed by atoms with Gasteiger partial charge in [0.1, 0.15) is 13.2 Å². The first-order valence-electron chi connectivity index (χ1n) is 10.1. The number of halogens is 1. The van der Waals surface area contributed by atoms with Gasteiger partial charge in [-0.15, -0.1) is 11.6 Å². The number of hydrazine groups is 1. The van der Waals surface area contributed by atoms with Crippen LogP contribution < -0.4 is 0 Å². The molecule has 0 fully saturated rings. The lowest BCUT2D eigenvalue weighted by Gasteiger charge is -2.30. The van der Waals surface area contributed by atoms with Gasteiger partial charge in [0.05, 0.1) is 6.54 Å². The van der Waals surface area contributed by atoms with E-state index in [1.807, 2.05) is 84.9 Å². The van der Waals surface area contributed by atoms with E-state index in [2.05, 4.69) is 0 Å². The van der Waals surface area contributed by atoms with Crippen molar-refractivity contribution in [1.29, 1.82) is 0 Å². The SMILES string of the molecule is CN(C(=O)OCc1ccccc1)N(Cc1ccc(CCl)cc1)C(=O)OCc1ccccc1. The summed E-state index contributed by atoms with van der Waals surface area (Å²) in [6.45, 7) is 0.322. The summed E-state index contributed by atoms with van der Waals surface area (Å²) < 4.78 is 10.8. The minimum Gasteiger partial charge on any atom is -0.443 e. The molecule has 0 radical (unpaired) electrons. The van der Waals surface area contributed by atoms with Crippen molar-refractivity contribution in [3.8, 4) is 0 Å². The Hall–Kier alpha value is -3.51. The van der Waals surface area contributed by atoms with E-state index >= 15 is 0 Å². The van der Waals surface area contributed by atoms with Gasteiger partial charge in [-0.05, 0) is 22.3 Å². The van der Waals surface area contributed by atoms with Crippen LogP contribution in [0.3, 0.4) is 0 Å². The molecular weight excluding hydrogens is 428 g/mol. The average Bonchev–Trinajstić information content (AvgIpc) is 2.85. The second-order valence-electron chi connectivity index (χ2n) is 7.11. The normalized spacial score (nSPS) is 10.3. The van der Waals surface area contributed by atoms with Gasteiger partial charge < -0.3 is 9.47 Å². The summed E-state index contributed by atoms with van der Waals surface area (Å²) in [7, 11) is 1.48. The van der Waals surface area contributed by atoms with E-state index in [1.54, 1.807) is 0 Å². The molecule has 0 aliphatic rings. The van der Waals surface area contributed by atoms with E-state index in [-0.39, 0.29) is 19.8 Å². The quantitative estimate of drug-likeness (QED) is 0.338. The molecule has 0 atom stereocenters. The second kappa shape index (κ2) is 11.8. The van der Waals surface area contributed by atoms with Crippen LogP contribution in [0.15, 0.2) is 84.9 Å². The Balaban J connectivity index is 1.69. The van der Waals surface area contributed by atoms with Crippen molar-refractivity contribution in [2.45, 2.75) is 25.6 Å². The summed E-state index contributed by atoms with van der Waals surface area (Å²) >= 11 is 5.86. The van der Waals surface area contributed by atoms with E-state index in [9.17, 15) is 9.59 Å². The highest BCUT2D eigenvalue weighted by Crippen LogP contribution is 2.14. The fraction of sp³-hybridized carbons (Fsp3) is 0.200. The van der Waals surface area contributed by atoms with Gasteiger partial charge in [0.25, 0.3) is 0 Å². The van der Waals surface area contributed by atoms with Crippen molar-refractivity contribution in [3.05, 3.63) is 107 Å². The predicted octanol–water partition coefficient (Wildman–Crippen LogP) is 5.75. The van der Waals surface area contributed by atoms with Gasteiger partial charge in [0.15, 0.2) is 0 Å². The lowest BCUT2D eigenvalue weighted by Crippen LogP contribution is -2.47. The maximum absolute atomic E-state index is 12.9. The molecule has 2 amide bonds. The maximum atomic E-state index is 12.9. The third-order valence-corrected chi connectivity index (χ3v) is 5.07. The number of amides is 2. The summed E-state index contributed by atoms with van der Waals surface area (Å²) in [5.74, 6) is 0.398. The zero-order valence-corrected chi connectivity index (χ0v) is 18.6. The first kappa shape index (κ1) is 23.2. The monoisotopic (exact) mass is 452 g/mol. The van der Waals surface area contributed by atoms with Crippen LogP contribution in [0.25, 0.3) is 0 Å². The van der Waals surface area contributed by atoms with E-state index in [0.717, 1.165) is 27.3 Å². The Morgan fingerprint density at radius 1 is 0.688 bits per heavy atom. The van der Waals surface area contributed by atoms with Gasteiger partial charge >= 0.3 is 12.2 Å². The van der Waals surface area contributed by atoms with E-state index in [0.29, 0.717) is 5.88 Å². The molecule has 0 aliphatic heterocycles. The number of benzene rings is 3. The number of carbonyl (C=O) groups is 2.